The SMILES string of the molecule is COc1ccc(N=Nc2ccc(O)cc2CO)c(Br)c1. The van der Waals surface area contributed by atoms with Crippen LogP contribution in [0.2, 0.25) is 0 Å². The van der Waals surface area contributed by atoms with Crippen LogP contribution in [0.5, 0.6) is 11.5 Å². The van der Waals surface area contributed by atoms with Crippen molar-refractivity contribution >= 4 is 27.3 Å². The molecule has 104 valence electrons. The predicted octanol–water partition coefficient (Wildman–Crippen LogP) is 4.07. The summed E-state index contributed by atoms with van der Waals surface area (Å²) in [7, 11) is 1.59. The van der Waals surface area contributed by atoms with Gasteiger partial charge in [-0.2, -0.15) is 5.11 Å². The van der Waals surface area contributed by atoms with Crippen LogP contribution in [-0.2, 0) is 6.61 Å². The lowest BCUT2D eigenvalue weighted by molar-refractivity contribution is 0.281. The van der Waals surface area contributed by atoms with Gasteiger partial charge in [0.05, 0.1) is 19.4 Å². The molecule has 0 atom stereocenters. The van der Waals surface area contributed by atoms with E-state index in [0.717, 1.165) is 10.2 Å². The second-order valence-electron chi connectivity index (χ2n) is 3.99. The molecule has 0 heterocycles. The highest BCUT2D eigenvalue weighted by molar-refractivity contribution is 9.10. The van der Waals surface area contributed by atoms with Crippen LogP contribution in [0.1, 0.15) is 5.56 Å². The summed E-state index contributed by atoms with van der Waals surface area (Å²) in [6.45, 7) is -0.216. The molecule has 6 heteroatoms. The van der Waals surface area contributed by atoms with E-state index in [1.54, 1.807) is 31.4 Å². The van der Waals surface area contributed by atoms with Crippen LogP contribution in [0.3, 0.4) is 0 Å². The number of rotatable bonds is 4. The minimum atomic E-state index is -0.216. The number of phenols is 1. The van der Waals surface area contributed by atoms with Crippen molar-refractivity contribution in [2.45, 2.75) is 6.61 Å². The zero-order chi connectivity index (χ0) is 14.5. The van der Waals surface area contributed by atoms with Crippen LogP contribution in [-0.4, -0.2) is 17.3 Å². The van der Waals surface area contributed by atoms with Gasteiger partial charge in [0.2, 0.25) is 0 Å². The normalized spacial score (nSPS) is 10.9. The highest BCUT2D eigenvalue weighted by Crippen LogP contribution is 2.32. The Bertz CT molecular complexity index is 644. The van der Waals surface area contributed by atoms with Gasteiger partial charge in [-0.15, -0.1) is 5.11 Å². The fourth-order valence-electron chi connectivity index (χ4n) is 1.60. The van der Waals surface area contributed by atoms with Crippen molar-refractivity contribution in [3.63, 3.8) is 0 Å². The Morgan fingerprint density at radius 2 is 1.80 bits per heavy atom. The first kappa shape index (κ1) is 14.5. The fourth-order valence-corrected chi connectivity index (χ4v) is 2.04. The summed E-state index contributed by atoms with van der Waals surface area (Å²) in [6, 6.07) is 9.89. The van der Waals surface area contributed by atoms with Gasteiger partial charge in [-0.3, -0.25) is 0 Å². The highest BCUT2D eigenvalue weighted by atomic mass is 79.9. The molecule has 0 aliphatic heterocycles. The van der Waals surface area contributed by atoms with E-state index in [2.05, 4.69) is 26.2 Å². The number of ether oxygens (including phenoxy) is 1. The molecular weight excluding hydrogens is 324 g/mol. The quantitative estimate of drug-likeness (QED) is 0.826. The molecule has 0 spiro atoms. The van der Waals surface area contributed by atoms with Gasteiger partial charge in [0.25, 0.3) is 0 Å². The zero-order valence-electron chi connectivity index (χ0n) is 10.7. The smallest absolute Gasteiger partial charge is 0.120 e. The number of nitrogens with zero attached hydrogens (tertiary/aromatic N) is 2. The van der Waals surface area contributed by atoms with Crippen LogP contribution in [0.15, 0.2) is 51.1 Å². The van der Waals surface area contributed by atoms with Gasteiger partial charge in [-0.05, 0) is 52.3 Å². The summed E-state index contributed by atoms with van der Waals surface area (Å²) in [5.41, 5.74) is 1.66. The van der Waals surface area contributed by atoms with Gasteiger partial charge in [0, 0.05) is 10.0 Å². The lowest BCUT2D eigenvalue weighted by Crippen LogP contribution is -1.83. The molecule has 0 radical (unpaired) electrons. The number of hydrogen-bond acceptors (Lipinski definition) is 5. The molecule has 5 nitrogen and oxygen atoms in total. The summed E-state index contributed by atoms with van der Waals surface area (Å²) in [5.74, 6) is 0.801. The van der Waals surface area contributed by atoms with Crippen LogP contribution >= 0.6 is 15.9 Å². The third-order valence-electron chi connectivity index (χ3n) is 2.65. The second kappa shape index (κ2) is 6.49. The van der Waals surface area contributed by atoms with E-state index >= 15 is 0 Å². The molecule has 0 bridgehead atoms. The first-order chi connectivity index (χ1) is 9.63. The van der Waals surface area contributed by atoms with Crippen molar-refractivity contribution in [2.24, 2.45) is 10.2 Å². The molecule has 0 aliphatic carbocycles. The molecule has 0 unspecified atom stereocenters. The number of aliphatic hydroxyl groups excluding tert-OH is 1. The lowest BCUT2D eigenvalue weighted by atomic mass is 10.2. The minimum absolute atomic E-state index is 0.0821. The van der Waals surface area contributed by atoms with E-state index in [-0.39, 0.29) is 12.4 Å². The van der Waals surface area contributed by atoms with E-state index in [1.165, 1.54) is 12.1 Å². The zero-order valence-corrected chi connectivity index (χ0v) is 12.3. The topological polar surface area (TPSA) is 74.4 Å². The molecule has 0 saturated carbocycles. The van der Waals surface area contributed by atoms with Crippen LogP contribution < -0.4 is 4.74 Å². The highest BCUT2D eigenvalue weighted by Gasteiger charge is 2.04. The molecule has 2 aromatic carbocycles. The van der Waals surface area contributed by atoms with Gasteiger partial charge in [-0.25, -0.2) is 0 Å². The molecule has 2 N–H and O–H groups in total. The van der Waals surface area contributed by atoms with Crippen molar-refractivity contribution < 1.29 is 14.9 Å². The Kier molecular flexibility index (Phi) is 4.70. The summed E-state index contributed by atoms with van der Waals surface area (Å²) in [4.78, 5) is 0. The standard InChI is InChI=1S/C14H13BrN2O3/c1-20-11-3-5-14(12(15)7-11)17-16-13-4-2-10(19)6-9(13)8-18/h2-7,18-19H,8H2,1H3. The number of azo groups is 1. The molecule has 2 rings (SSSR count). The average Bonchev–Trinajstić information content (AvgIpc) is 2.46. The van der Waals surface area contributed by atoms with E-state index in [9.17, 15) is 10.2 Å². The Morgan fingerprint density at radius 3 is 2.45 bits per heavy atom. The number of methoxy groups -OCH3 is 1. The lowest BCUT2D eigenvalue weighted by Gasteiger charge is -2.03. The van der Waals surface area contributed by atoms with Crippen molar-refractivity contribution in [3.8, 4) is 11.5 Å². The van der Waals surface area contributed by atoms with Crippen molar-refractivity contribution in [2.75, 3.05) is 7.11 Å². The largest absolute Gasteiger partial charge is 0.508 e. The first-order valence-corrected chi connectivity index (χ1v) is 6.61. The number of halogens is 1. The Hall–Kier alpha value is -1.92. The summed E-state index contributed by atoms with van der Waals surface area (Å²) in [5, 5.41) is 26.8. The Labute approximate surface area is 124 Å². The summed E-state index contributed by atoms with van der Waals surface area (Å²) >= 11 is 3.39. The van der Waals surface area contributed by atoms with Crippen LogP contribution in [0.25, 0.3) is 0 Å². The van der Waals surface area contributed by atoms with Crippen molar-refractivity contribution in [3.05, 3.63) is 46.4 Å². The molecule has 20 heavy (non-hydrogen) atoms. The first-order valence-electron chi connectivity index (χ1n) is 5.82. The van der Waals surface area contributed by atoms with Crippen LogP contribution in [0.4, 0.5) is 11.4 Å². The van der Waals surface area contributed by atoms with E-state index in [4.69, 9.17) is 4.74 Å². The molecule has 0 fully saturated rings. The third-order valence-corrected chi connectivity index (χ3v) is 3.29. The second-order valence-corrected chi connectivity index (χ2v) is 4.84. The van der Waals surface area contributed by atoms with E-state index < -0.39 is 0 Å². The molecule has 0 aromatic heterocycles. The van der Waals surface area contributed by atoms with Gasteiger partial charge < -0.3 is 14.9 Å². The number of aromatic hydroxyl groups is 1. The minimum Gasteiger partial charge on any atom is -0.508 e. The molecule has 0 amide bonds. The average molecular weight is 337 g/mol. The monoisotopic (exact) mass is 336 g/mol. The van der Waals surface area contributed by atoms with Gasteiger partial charge in [-0.1, -0.05) is 0 Å². The molecule has 2 aromatic rings. The number of hydrogen-bond donors (Lipinski definition) is 2. The third kappa shape index (κ3) is 3.34. The van der Waals surface area contributed by atoms with Gasteiger partial charge >= 0.3 is 0 Å². The van der Waals surface area contributed by atoms with E-state index in [0.29, 0.717) is 16.9 Å². The predicted molar refractivity (Wildman–Crippen MR) is 78.9 cm³/mol. The van der Waals surface area contributed by atoms with Crippen LogP contribution in [0, 0.1) is 0 Å². The van der Waals surface area contributed by atoms with Crippen molar-refractivity contribution in [1.82, 2.24) is 0 Å². The van der Waals surface area contributed by atoms with Crippen molar-refractivity contribution in [1.29, 1.82) is 0 Å². The molecule has 0 saturated heterocycles. The maximum atomic E-state index is 9.35. The number of phenolic OH excluding ortho intramolecular Hbond substituents is 1. The van der Waals surface area contributed by atoms with Gasteiger partial charge in [0.15, 0.2) is 0 Å². The van der Waals surface area contributed by atoms with E-state index in [1.807, 2.05) is 0 Å². The summed E-state index contributed by atoms with van der Waals surface area (Å²) in [6.07, 6.45) is 0. The Balaban J connectivity index is 2.29. The maximum absolute atomic E-state index is 9.35. The maximum Gasteiger partial charge on any atom is 0.120 e. The Morgan fingerprint density at radius 1 is 1.10 bits per heavy atom. The molecular formula is C14H13BrN2O3. The molecule has 0 aliphatic rings. The fraction of sp³-hybridized carbons (Fsp3) is 0.143. The summed E-state index contributed by atoms with van der Waals surface area (Å²) < 4.78 is 5.85. The number of aliphatic hydroxyl groups is 1. The van der Waals surface area contributed by atoms with Gasteiger partial charge in [0.1, 0.15) is 17.2 Å². The number of benzene rings is 2.